The summed E-state index contributed by atoms with van der Waals surface area (Å²) in [6.07, 6.45) is 1.63. The van der Waals surface area contributed by atoms with Gasteiger partial charge in [-0.05, 0) is 6.92 Å². The Hall–Kier alpha value is -1.38. The first-order valence-electron chi connectivity index (χ1n) is 3.20. The summed E-state index contributed by atoms with van der Waals surface area (Å²) in [6.45, 7) is 5.41. The summed E-state index contributed by atoms with van der Waals surface area (Å²) in [5, 5.41) is 0. The van der Waals surface area contributed by atoms with Gasteiger partial charge in [-0.15, -0.1) is 0 Å². The molecule has 0 saturated heterocycles. The molecule has 0 fully saturated rings. The van der Waals surface area contributed by atoms with Gasteiger partial charge in [0.1, 0.15) is 0 Å². The summed E-state index contributed by atoms with van der Waals surface area (Å²) in [7, 11) is 0. The lowest BCUT2D eigenvalue weighted by molar-refractivity contribution is -0.150. The smallest absolute Gasteiger partial charge is 0.342 e. The third-order valence-electron chi connectivity index (χ3n) is 1.24. The molecule has 1 rings (SSSR count). The summed E-state index contributed by atoms with van der Waals surface area (Å²) in [4.78, 5) is 21.3. The van der Waals surface area contributed by atoms with Gasteiger partial charge in [-0.3, -0.25) is 0 Å². The molecule has 3 nitrogen and oxygen atoms in total. The van der Waals surface area contributed by atoms with E-state index in [-0.39, 0.29) is 0 Å². The molecule has 0 aromatic carbocycles. The number of esters is 2. The highest BCUT2D eigenvalue weighted by Crippen LogP contribution is 2.15. The minimum Gasteiger partial charge on any atom is -0.386 e. The summed E-state index contributed by atoms with van der Waals surface area (Å²) in [6, 6.07) is 0. The Bertz CT molecular complexity index is 261. The van der Waals surface area contributed by atoms with Crippen LogP contribution in [0.1, 0.15) is 13.3 Å². The Balaban J connectivity index is 2.72. The predicted octanol–water partition coefficient (Wildman–Crippen LogP) is 0.962. The number of carbonyl (C=O) groups excluding carboxylic acids is 2. The Kier molecular flexibility index (Phi) is 1.89. The zero-order valence-corrected chi connectivity index (χ0v) is 6.22. The molecule has 0 N–H and O–H groups in total. The van der Waals surface area contributed by atoms with Gasteiger partial charge in [-0.25, -0.2) is 9.59 Å². The van der Waals surface area contributed by atoms with Gasteiger partial charge in [-0.1, -0.05) is 12.2 Å². The second-order valence-corrected chi connectivity index (χ2v) is 2.51. The first-order valence-corrected chi connectivity index (χ1v) is 3.20. The number of rotatable bonds is 2. The average molecular weight is 152 g/mol. The molecule has 11 heavy (non-hydrogen) atoms. The standard InChI is InChI=1S/C8H8O3/c1-5(2)3-6-4-7(9)11-8(6)10/h4H,1,3H2,2H3. The normalized spacial score (nSPS) is 16.3. The third-order valence-corrected chi connectivity index (χ3v) is 1.24. The number of carbonyl (C=O) groups is 2. The van der Waals surface area contributed by atoms with Crippen LogP contribution in [0.25, 0.3) is 0 Å². The highest BCUT2D eigenvalue weighted by molar-refractivity contribution is 6.08. The Morgan fingerprint density at radius 3 is 2.64 bits per heavy atom. The van der Waals surface area contributed by atoms with Crippen LogP contribution in [0.3, 0.4) is 0 Å². The van der Waals surface area contributed by atoms with Crippen molar-refractivity contribution in [1.82, 2.24) is 0 Å². The molecular formula is C8H8O3. The van der Waals surface area contributed by atoms with Crippen LogP contribution in [0.2, 0.25) is 0 Å². The van der Waals surface area contributed by atoms with E-state index in [9.17, 15) is 9.59 Å². The van der Waals surface area contributed by atoms with E-state index < -0.39 is 11.9 Å². The first kappa shape index (κ1) is 7.72. The second kappa shape index (κ2) is 2.70. The molecule has 0 aliphatic carbocycles. The van der Waals surface area contributed by atoms with E-state index in [4.69, 9.17) is 0 Å². The molecule has 0 saturated carbocycles. The van der Waals surface area contributed by atoms with Gasteiger partial charge in [0.05, 0.1) is 0 Å². The summed E-state index contributed by atoms with van der Waals surface area (Å²) >= 11 is 0. The quantitative estimate of drug-likeness (QED) is 0.336. The molecule has 1 heterocycles. The van der Waals surface area contributed by atoms with Crippen molar-refractivity contribution in [2.75, 3.05) is 0 Å². The van der Waals surface area contributed by atoms with Crippen LogP contribution in [0.4, 0.5) is 0 Å². The third kappa shape index (κ3) is 1.77. The van der Waals surface area contributed by atoms with Crippen LogP contribution in [-0.4, -0.2) is 11.9 Å². The van der Waals surface area contributed by atoms with Crippen molar-refractivity contribution < 1.29 is 14.3 Å². The second-order valence-electron chi connectivity index (χ2n) is 2.51. The number of hydrogen-bond donors (Lipinski definition) is 0. The van der Waals surface area contributed by atoms with Gasteiger partial charge in [0.2, 0.25) is 0 Å². The zero-order chi connectivity index (χ0) is 8.43. The molecule has 0 bridgehead atoms. The maximum atomic E-state index is 10.8. The number of hydrogen-bond acceptors (Lipinski definition) is 3. The summed E-state index contributed by atoms with van der Waals surface area (Å²) < 4.78 is 4.26. The highest BCUT2D eigenvalue weighted by Gasteiger charge is 2.22. The van der Waals surface area contributed by atoms with E-state index in [1.54, 1.807) is 6.92 Å². The largest absolute Gasteiger partial charge is 0.386 e. The molecule has 1 aliphatic heterocycles. The van der Waals surface area contributed by atoms with Crippen molar-refractivity contribution in [3.8, 4) is 0 Å². The van der Waals surface area contributed by atoms with Gasteiger partial charge in [0.25, 0.3) is 0 Å². The molecule has 0 aromatic rings. The number of allylic oxidation sites excluding steroid dienone is 1. The van der Waals surface area contributed by atoms with Crippen LogP contribution < -0.4 is 0 Å². The lowest BCUT2D eigenvalue weighted by atomic mass is 10.1. The maximum absolute atomic E-state index is 10.8. The topological polar surface area (TPSA) is 43.4 Å². The lowest BCUT2D eigenvalue weighted by Crippen LogP contribution is -2.01. The Morgan fingerprint density at radius 2 is 2.27 bits per heavy atom. The van der Waals surface area contributed by atoms with Crippen LogP contribution in [0, 0.1) is 0 Å². The van der Waals surface area contributed by atoms with Gasteiger partial charge < -0.3 is 4.74 Å². The fourth-order valence-corrected chi connectivity index (χ4v) is 0.836. The number of ether oxygens (including phenoxy) is 1. The monoisotopic (exact) mass is 152 g/mol. The van der Waals surface area contributed by atoms with Gasteiger partial charge >= 0.3 is 11.9 Å². The lowest BCUT2D eigenvalue weighted by Gasteiger charge is -1.95. The average Bonchev–Trinajstić information content (AvgIpc) is 2.09. The van der Waals surface area contributed by atoms with E-state index in [0.717, 1.165) is 5.57 Å². The molecule has 0 spiro atoms. The zero-order valence-electron chi connectivity index (χ0n) is 6.22. The fraction of sp³-hybridized carbons (Fsp3) is 0.250. The Morgan fingerprint density at radius 1 is 1.64 bits per heavy atom. The molecule has 1 aliphatic rings. The number of cyclic esters (lactones) is 2. The van der Waals surface area contributed by atoms with E-state index >= 15 is 0 Å². The molecule has 0 radical (unpaired) electrons. The van der Waals surface area contributed by atoms with Crippen LogP contribution >= 0.6 is 0 Å². The van der Waals surface area contributed by atoms with Crippen molar-refractivity contribution in [2.24, 2.45) is 0 Å². The first-order chi connectivity index (χ1) is 5.09. The molecule has 0 atom stereocenters. The van der Waals surface area contributed by atoms with Crippen molar-refractivity contribution >= 4 is 11.9 Å². The minimum atomic E-state index is -0.578. The van der Waals surface area contributed by atoms with E-state index in [1.807, 2.05) is 0 Å². The van der Waals surface area contributed by atoms with Crippen LogP contribution in [0.15, 0.2) is 23.8 Å². The molecule has 0 aromatic heterocycles. The summed E-state index contributed by atoms with van der Waals surface area (Å²) in [5.41, 5.74) is 1.23. The predicted molar refractivity (Wildman–Crippen MR) is 38.6 cm³/mol. The van der Waals surface area contributed by atoms with Crippen LogP contribution in [0.5, 0.6) is 0 Å². The van der Waals surface area contributed by atoms with Gasteiger partial charge in [0, 0.05) is 18.1 Å². The molecular weight excluding hydrogens is 144 g/mol. The van der Waals surface area contributed by atoms with Crippen molar-refractivity contribution in [2.45, 2.75) is 13.3 Å². The van der Waals surface area contributed by atoms with E-state index in [2.05, 4.69) is 11.3 Å². The van der Waals surface area contributed by atoms with Gasteiger partial charge in [-0.2, -0.15) is 0 Å². The molecule has 58 valence electrons. The summed E-state index contributed by atoms with van der Waals surface area (Å²) in [5.74, 6) is -1.12. The van der Waals surface area contributed by atoms with E-state index in [1.165, 1.54) is 6.08 Å². The SMILES string of the molecule is C=C(C)CC1=CC(=O)OC1=O. The van der Waals surface area contributed by atoms with Crippen LogP contribution in [-0.2, 0) is 14.3 Å². The van der Waals surface area contributed by atoms with Gasteiger partial charge in [0.15, 0.2) is 0 Å². The molecule has 0 amide bonds. The minimum absolute atomic E-state index is 0.391. The van der Waals surface area contributed by atoms with E-state index in [0.29, 0.717) is 12.0 Å². The molecule has 0 unspecified atom stereocenters. The van der Waals surface area contributed by atoms with Crippen molar-refractivity contribution in [3.63, 3.8) is 0 Å². The molecule has 3 heteroatoms. The Labute approximate surface area is 64.3 Å². The maximum Gasteiger partial charge on any atom is 0.342 e. The fourth-order valence-electron chi connectivity index (χ4n) is 0.836. The van der Waals surface area contributed by atoms with Crippen molar-refractivity contribution in [1.29, 1.82) is 0 Å². The highest BCUT2D eigenvalue weighted by atomic mass is 16.6. The van der Waals surface area contributed by atoms with Crippen molar-refractivity contribution in [3.05, 3.63) is 23.8 Å².